The summed E-state index contributed by atoms with van der Waals surface area (Å²) >= 11 is 14.1. The summed E-state index contributed by atoms with van der Waals surface area (Å²) in [6.45, 7) is 8.96. The molecule has 8 heteroatoms. The smallest absolute Gasteiger partial charge is 0.261 e. The van der Waals surface area contributed by atoms with Crippen molar-refractivity contribution in [3.05, 3.63) is 57.1 Å². The molecule has 0 atom stereocenters. The van der Waals surface area contributed by atoms with Gasteiger partial charge < -0.3 is 4.74 Å². The van der Waals surface area contributed by atoms with Crippen molar-refractivity contribution in [3.8, 4) is 0 Å². The largest absolute Gasteiger partial charge is 0.379 e. The Hall–Kier alpha value is -1.70. The van der Waals surface area contributed by atoms with E-state index in [1.807, 2.05) is 0 Å². The summed E-state index contributed by atoms with van der Waals surface area (Å²) in [6, 6.07) is 9.18. The molecule has 1 aliphatic heterocycles. The zero-order valence-corrected chi connectivity index (χ0v) is 20.0. The second-order valence-corrected chi connectivity index (χ2v) is 9.64. The molecular formula is C23H25Cl2N3O2S. The van der Waals surface area contributed by atoms with Gasteiger partial charge in [0.15, 0.2) is 5.13 Å². The second kappa shape index (κ2) is 9.84. The first-order valence-corrected chi connectivity index (χ1v) is 11.9. The van der Waals surface area contributed by atoms with Crippen LogP contribution in [0.4, 0.5) is 5.13 Å². The molecule has 4 rings (SSSR count). The van der Waals surface area contributed by atoms with E-state index < -0.39 is 0 Å². The Morgan fingerprint density at radius 2 is 1.97 bits per heavy atom. The van der Waals surface area contributed by atoms with Crippen molar-refractivity contribution in [2.75, 3.05) is 44.3 Å². The number of amides is 1. The molecule has 0 N–H and O–H groups in total. The number of halogens is 2. The molecule has 0 aliphatic carbocycles. The highest BCUT2D eigenvalue weighted by Crippen LogP contribution is 2.34. The SMILES string of the molecule is Cc1cc(C)c2sc(N(CCCN3CCOCC3)C(=O)c3cc(Cl)ccc3Cl)nc2c1. The average molecular weight is 478 g/mol. The molecule has 5 nitrogen and oxygen atoms in total. The van der Waals surface area contributed by atoms with E-state index in [-0.39, 0.29) is 5.91 Å². The monoisotopic (exact) mass is 477 g/mol. The van der Waals surface area contributed by atoms with Crippen molar-refractivity contribution >= 4 is 55.8 Å². The van der Waals surface area contributed by atoms with E-state index in [1.54, 1.807) is 34.4 Å². The van der Waals surface area contributed by atoms with E-state index in [4.69, 9.17) is 32.9 Å². The van der Waals surface area contributed by atoms with Crippen molar-refractivity contribution in [1.29, 1.82) is 0 Å². The highest BCUT2D eigenvalue weighted by atomic mass is 35.5. The highest BCUT2D eigenvalue weighted by Gasteiger charge is 2.24. The van der Waals surface area contributed by atoms with E-state index in [2.05, 4.69) is 30.9 Å². The number of carbonyl (C=O) groups excluding carboxylic acids is 1. The summed E-state index contributed by atoms with van der Waals surface area (Å²) in [4.78, 5) is 22.5. The summed E-state index contributed by atoms with van der Waals surface area (Å²) in [7, 11) is 0. The van der Waals surface area contributed by atoms with Crippen molar-refractivity contribution < 1.29 is 9.53 Å². The van der Waals surface area contributed by atoms with E-state index in [0.29, 0.717) is 27.3 Å². The van der Waals surface area contributed by atoms with Crippen LogP contribution in [-0.4, -0.2) is 55.2 Å². The molecule has 1 aromatic heterocycles. The molecule has 0 radical (unpaired) electrons. The Morgan fingerprint density at radius 3 is 2.74 bits per heavy atom. The van der Waals surface area contributed by atoms with Crippen LogP contribution in [0.2, 0.25) is 10.0 Å². The van der Waals surface area contributed by atoms with E-state index in [9.17, 15) is 4.79 Å². The minimum absolute atomic E-state index is 0.178. The van der Waals surface area contributed by atoms with Crippen molar-refractivity contribution in [2.45, 2.75) is 20.3 Å². The van der Waals surface area contributed by atoms with Gasteiger partial charge in [-0.2, -0.15) is 0 Å². The fourth-order valence-electron chi connectivity index (χ4n) is 3.85. The predicted molar refractivity (Wildman–Crippen MR) is 129 cm³/mol. The molecule has 0 saturated carbocycles. The molecule has 0 unspecified atom stereocenters. The number of rotatable bonds is 6. The lowest BCUT2D eigenvalue weighted by Gasteiger charge is -2.27. The maximum atomic E-state index is 13.5. The normalized spacial score (nSPS) is 14.8. The molecule has 0 bridgehead atoms. The number of aryl methyl sites for hydroxylation is 2. The Balaban J connectivity index is 1.64. The zero-order valence-electron chi connectivity index (χ0n) is 17.7. The van der Waals surface area contributed by atoms with Gasteiger partial charge in [-0.15, -0.1) is 0 Å². The Labute approximate surface area is 196 Å². The molecular weight excluding hydrogens is 453 g/mol. The molecule has 31 heavy (non-hydrogen) atoms. The number of thiazole rings is 1. The van der Waals surface area contributed by atoms with Crippen LogP contribution in [0.25, 0.3) is 10.2 Å². The maximum Gasteiger partial charge on any atom is 0.261 e. The number of ether oxygens (including phenoxy) is 1. The first-order chi connectivity index (χ1) is 14.9. The van der Waals surface area contributed by atoms with E-state index >= 15 is 0 Å². The van der Waals surface area contributed by atoms with Crippen LogP contribution < -0.4 is 4.90 Å². The Bertz CT molecular complexity index is 1100. The third-order valence-electron chi connectivity index (χ3n) is 5.40. The molecule has 1 fully saturated rings. The summed E-state index contributed by atoms with van der Waals surface area (Å²) in [6.07, 6.45) is 0.831. The first kappa shape index (κ1) is 22.5. The summed E-state index contributed by atoms with van der Waals surface area (Å²) in [5.74, 6) is -0.178. The van der Waals surface area contributed by atoms with Gasteiger partial charge in [0.05, 0.1) is 34.0 Å². The van der Waals surface area contributed by atoms with Crippen LogP contribution in [0.5, 0.6) is 0 Å². The van der Waals surface area contributed by atoms with Gasteiger partial charge in [-0.1, -0.05) is 40.6 Å². The zero-order chi connectivity index (χ0) is 22.0. The van der Waals surface area contributed by atoms with Gasteiger partial charge in [0.25, 0.3) is 5.91 Å². The van der Waals surface area contributed by atoms with Crippen molar-refractivity contribution in [3.63, 3.8) is 0 Å². The molecule has 164 valence electrons. The molecule has 0 spiro atoms. The lowest BCUT2D eigenvalue weighted by molar-refractivity contribution is 0.0376. The minimum Gasteiger partial charge on any atom is -0.379 e. The van der Waals surface area contributed by atoms with Crippen LogP contribution >= 0.6 is 34.5 Å². The quantitative estimate of drug-likeness (QED) is 0.464. The van der Waals surface area contributed by atoms with Gasteiger partial charge in [-0.25, -0.2) is 4.98 Å². The second-order valence-electron chi connectivity index (χ2n) is 7.82. The molecule has 2 aromatic carbocycles. The fraction of sp³-hybridized carbons (Fsp3) is 0.391. The van der Waals surface area contributed by atoms with Crippen LogP contribution in [-0.2, 0) is 4.74 Å². The number of carbonyl (C=O) groups is 1. The van der Waals surface area contributed by atoms with Crippen LogP contribution in [0, 0.1) is 13.8 Å². The standard InChI is InChI=1S/C23H25Cl2N3O2S/c1-15-12-16(2)21-20(13-15)26-23(31-21)28(7-3-6-27-8-10-30-11-9-27)22(29)18-14-17(24)4-5-19(18)25/h4-5,12-14H,3,6-11H2,1-2H3. The number of hydrogen-bond acceptors (Lipinski definition) is 5. The number of morpholine rings is 1. The molecule has 1 amide bonds. The first-order valence-electron chi connectivity index (χ1n) is 10.4. The third-order valence-corrected chi connectivity index (χ3v) is 7.20. The number of benzene rings is 2. The summed E-state index contributed by atoms with van der Waals surface area (Å²) in [5, 5.41) is 1.56. The van der Waals surface area contributed by atoms with Gasteiger partial charge in [0.2, 0.25) is 0 Å². The summed E-state index contributed by atoms with van der Waals surface area (Å²) < 4.78 is 6.53. The number of aromatic nitrogens is 1. The lowest BCUT2D eigenvalue weighted by Crippen LogP contribution is -2.39. The number of fused-ring (bicyclic) bond motifs is 1. The highest BCUT2D eigenvalue weighted by molar-refractivity contribution is 7.22. The Morgan fingerprint density at radius 1 is 1.19 bits per heavy atom. The van der Waals surface area contributed by atoms with E-state index in [0.717, 1.165) is 55.0 Å². The van der Waals surface area contributed by atoms with Crippen molar-refractivity contribution in [1.82, 2.24) is 9.88 Å². The number of nitrogens with zero attached hydrogens (tertiary/aromatic N) is 3. The van der Waals surface area contributed by atoms with Crippen LogP contribution in [0.3, 0.4) is 0 Å². The Kier molecular flexibility index (Phi) is 7.14. The van der Waals surface area contributed by atoms with Crippen LogP contribution in [0.1, 0.15) is 27.9 Å². The molecule has 2 heterocycles. The fourth-order valence-corrected chi connectivity index (χ4v) is 5.26. The van der Waals surface area contributed by atoms with Gasteiger partial charge >= 0.3 is 0 Å². The lowest BCUT2D eigenvalue weighted by atomic mass is 10.1. The van der Waals surface area contributed by atoms with Gasteiger partial charge in [0.1, 0.15) is 0 Å². The van der Waals surface area contributed by atoms with Crippen molar-refractivity contribution in [2.24, 2.45) is 0 Å². The molecule has 1 saturated heterocycles. The number of anilines is 1. The van der Waals surface area contributed by atoms with Crippen LogP contribution in [0.15, 0.2) is 30.3 Å². The number of hydrogen-bond donors (Lipinski definition) is 0. The van der Waals surface area contributed by atoms with Gasteiger partial charge in [-0.3, -0.25) is 14.6 Å². The van der Waals surface area contributed by atoms with Gasteiger partial charge in [0, 0.05) is 31.2 Å². The average Bonchev–Trinajstić information content (AvgIpc) is 3.17. The van der Waals surface area contributed by atoms with E-state index in [1.165, 1.54) is 5.56 Å². The topological polar surface area (TPSA) is 45.7 Å². The minimum atomic E-state index is -0.178. The van der Waals surface area contributed by atoms with Gasteiger partial charge in [-0.05, 0) is 55.7 Å². The summed E-state index contributed by atoms with van der Waals surface area (Å²) in [5.41, 5.74) is 3.64. The molecule has 3 aromatic rings. The molecule has 1 aliphatic rings. The predicted octanol–water partition coefficient (Wildman–Crippen LogP) is 5.59. The maximum absolute atomic E-state index is 13.5. The third kappa shape index (κ3) is 5.21.